The molecule has 1 aromatic rings. The van der Waals surface area contributed by atoms with Gasteiger partial charge in [0.1, 0.15) is 0 Å². The molecular weight excluding hydrogens is 255 g/mol. The molecule has 0 aromatic carbocycles. The fourth-order valence-electron chi connectivity index (χ4n) is 1.66. The largest absolute Gasteiger partial charge is 0.328 e. The third kappa shape index (κ3) is 2.78. The van der Waals surface area contributed by atoms with E-state index in [1.807, 2.05) is 0 Å². The quantitative estimate of drug-likeness (QED) is 0.386. The molecule has 1 aliphatic heterocycles. The number of anilines is 1. The molecule has 2 rings (SSSR count). The first-order valence-corrected chi connectivity index (χ1v) is 5.38. The summed E-state index contributed by atoms with van der Waals surface area (Å²) in [5.41, 5.74) is 8.64. The van der Waals surface area contributed by atoms with Crippen LogP contribution in [-0.2, 0) is 11.3 Å². The van der Waals surface area contributed by atoms with Crippen LogP contribution in [-0.4, -0.2) is 23.5 Å². The highest BCUT2D eigenvalue weighted by Crippen LogP contribution is 2.19. The Kier molecular flexibility index (Phi) is 3.58. The number of halogens is 1. The van der Waals surface area contributed by atoms with E-state index in [0.29, 0.717) is 5.69 Å². The Hall–Kier alpha value is -2.67. The maximum Gasteiger partial charge on any atom is 0.328 e. The van der Waals surface area contributed by atoms with Gasteiger partial charge in [0.15, 0.2) is 0 Å². The van der Waals surface area contributed by atoms with Crippen LogP contribution in [0.5, 0.6) is 0 Å². The lowest BCUT2D eigenvalue weighted by Gasteiger charge is -2.26. The van der Waals surface area contributed by atoms with Gasteiger partial charge in [-0.2, -0.15) is 4.39 Å². The van der Waals surface area contributed by atoms with Crippen LogP contribution >= 0.6 is 0 Å². The van der Waals surface area contributed by atoms with Gasteiger partial charge in [-0.3, -0.25) is 15.0 Å². The average Bonchev–Trinajstić information content (AvgIpc) is 2.38. The van der Waals surface area contributed by atoms with Gasteiger partial charge in [-0.05, 0) is 11.6 Å². The van der Waals surface area contributed by atoms with Gasteiger partial charge in [0.25, 0.3) is 0 Å². The first kappa shape index (κ1) is 12.8. The fraction of sp³-hybridized carbons (Fsp3) is 0.300. The number of nitrogens with one attached hydrogen (secondary N) is 1. The minimum absolute atomic E-state index is 0.0833. The van der Waals surface area contributed by atoms with Crippen LogP contribution in [0.25, 0.3) is 10.4 Å². The van der Waals surface area contributed by atoms with Crippen molar-refractivity contribution in [2.45, 2.75) is 13.0 Å². The number of azide groups is 1. The molecule has 1 N–H and O–H groups in total. The first-order valence-electron chi connectivity index (χ1n) is 5.38. The summed E-state index contributed by atoms with van der Waals surface area (Å²) in [5.74, 6) is -1.12. The van der Waals surface area contributed by atoms with E-state index < -0.39 is 12.0 Å². The highest BCUT2D eigenvalue weighted by Gasteiger charge is 2.24. The molecule has 0 spiro atoms. The van der Waals surface area contributed by atoms with Gasteiger partial charge >= 0.3 is 6.03 Å². The van der Waals surface area contributed by atoms with E-state index in [2.05, 4.69) is 20.3 Å². The summed E-state index contributed by atoms with van der Waals surface area (Å²) in [5, 5.41) is 5.40. The fourth-order valence-corrected chi connectivity index (χ4v) is 1.66. The number of nitrogens with zero attached hydrogens (tertiary/aromatic N) is 5. The molecule has 0 aliphatic carbocycles. The average molecular weight is 264 g/mol. The van der Waals surface area contributed by atoms with Crippen molar-refractivity contribution in [1.82, 2.24) is 10.3 Å². The number of amides is 3. The molecule has 0 bridgehead atoms. The maximum atomic E-state index is 13.4. The first-order chi connectivity index (χ1) is 9.11. The molecule has 1 aromatic heterocycles. The number of urea groups is 1. The molecule has 0 unspecified atom stereocenters. The van der Waals surface area contributed by atoms with Crippen LogP contribution < -0.4 is 10.2 Å². The molecule has 98 valence electrons. The van der Waals surface area contributed by atoms with Crippen LogP contribution in [0.4, 0.5) is 14.9 Å². The van der Waals surface area contributed by atoms with Crippen molar-refractivity contribution >= 4 is 17.6 Å². The maximum absolute atomic E-state index is 13.4. The summed E-state index contributed by atoms with van der Waals surface area (Å²) in [6, 6.07) is 0.784. The van der Waals surface area contributed by atoms with Crippen LogP contribution in [0.1, 0.15) is 12.0 Å². The number of pyridine rings is 1. The number of rotatable bonds is 3. The van der Waals surface area contributed by atoms with E-state index in [0.717, 1.165) is 0 Å². The summed E-state index contributed by atoms with van der Waals surface area (Å²) in [4.78, 5) is 29.9. The van der Waals surface area contributed by atoms with Crippen molar-refractivity contribution in [3.05, 3.63) is 34.2 Å². The van der Waals surface area contributed by atoms with Gasteiger partial charge in [-0.15, -0.1) is 0 Å². The van der Waals surface area contributed by atoms with E-state index in [9.17, 15) is 14.0 Å². The van der Waals surface area contributed by atoms with E-state index in [1.165, 1.54) is 17.2 Å². The van der Waals surface area contributed by atoms with Crippen molar-refractivity contribution in [1.29, 1.82) is 0 Å². The molecule has 0 atom stereocenters. The second-order valence-electron chi connectivity index (χ2n) is 3.79. The normalized spacial score (nSPS) is 14.9. The molecule has 9 heteroatoms. The van der Waals surface area contributed by atoms with Crippen molar-refractivity contribution in [3.8, 4) is 0 Å². The molecule has 8 nitrogen and oxygen atoms in total. The van der Waals surface area contributed by atoms with E-state index >= 15 is 0 Å². The SMILES string of the molecule is [N-]=[N+]=NCc1cc(N2CCC(=O)NC2=O)cnc1F. The summed E-state index contributed by atoms with van der Waals surface area (Å²) in [6.07, 6.45) is 1.35. The van der Waals surface area contributed by atoms with Gasteiger partial charge in [0, 0.05) is 23.4 Å². The highest BCUT2D eigenvalue weighted by atomic mass is 19.1. The number of hydrogen-bond donors (Lipinski definition) is 1. The molecule has 3 amide bonds. The number of hydrogen-bond acceptors (Lipinski definition) is 4. The summed E-state index contributed by atoms with van der Waals surface area (Å²) < 4.78 is 13.4. The number of carbonyl (C=O) groups is 2. The molecule has 0 radical (unpaired) electrons. The number of aromatic nitrogens is 1. The standard InChI is InChI=1S/C10H9FN6O2/c11-9-6(4-14-16-12)3-7(5-13-9)17-2-1-8(18)15-10(17)19/h3,5H,1-2,4H2,(H,15,18,19). The Bertz CT molecular complexity index is 583. The van der Waals surface area contributed by atoms with Gasteiger partial charge in [0.2, 0.25) is 11.9 Å². The second-order valence-corrected chi connectivity index (χ2v) is 3.79. The van der Waals surface area contributed by atoms with E-state index in [1.54, 1.807) is 0 Å². The zero-order chi connectivity index (χ0) is 13.8. The highest BCUT2D eigenvalue weighted by molar-refractivity contribution is 6.05. The minimum Gasteiger partial charge on any atom is -0.292 e. The molecule has 0 saturated carbocycles. The lowest BCUT2D eigenvalue weighted by atomic mass is 10.2. The van der Waals surface area contributed by atoms with Crippen LogP contribution in [0.15, 0.2) is 17.4 Å². The Morgan fingerprint density at radius 3 is 3.05 bits per heavy atom. The number of carbonyl (C=O) groups excluding carboxylic acids is 2. The summed E-state index contributed by atoms with van der Waals surface area (Å²) in [7, 11) is 0. The smallest absolute Gasteiger partial charge is 0.292 e. The van der Waals surface area contributed by atoms with Crippen molar-refractivity contribution in [2.24, 2.45) is 5.11 Å². The van der Waals surface area contributed by atoms with Crippen molar-refractivity contribution in [3.63, 3.8) is 0 Å². The number of imide groups is 1. The molecule has 2 heterocycles. The van der Waals surface area contributed by atoms with E-state index in [-0.39, 0.29) is 31.0 Å². The lowest BCUT2D eigenvalue weighted by molar-refractivity contribution is -0.120. The van der Waals surface area contributed by atoms with Gasteiger partial charge in [0.05, 0.1) is 18.4 Å². The monoisotopic (exact) mass is 264 g/mol. The zero-order valence-electron chi connectivity index (χ0n) is 9.71. The van der Waals surface area contributed by atoms with E-state index in [4.69, 9.17) is 5.53 Å². The molecule has 1 saturated heterocycles. The van der Waals surface area contributed by atoms with Crippen LogP contribution in [0, 0.1) is 5.95 Å². The lowest BCUT2D eigenvalue weighted by Crippen LogP contribution is -2.49. The van der Waals surface area contributed by atoms with Crippen LogP contribution in [0.2, 0.25) is 0 Å². The molecular formula is C10H9FN6O2. The van der Waals surface area contributed by atoms with Gasteiger partial charge in [-0.1, -0.05) is 5.11 Å². The predicted molar refractivity (Wildman–Crippen MR) is 62.5 cm³/mol. The zero-order valence-corrected chi connectivity index (χ0v) is 9.71. The van der Waals surface area contributed by atoms with Gasteiger partial charge in [-0.25, -0.2) is 9.78 Å². The predicted octanol–water partition coefficient (Wildman–Crippen LogP) is 1.48. The molecule has 1 fully saturated rings. The minimum atomic E-state index is -0.760. The Morgan fingerprint density at radius 2 is 2.37 bits per heavy atom. The van der Waals surface area contributed by atoms with Crippen molar-refractivity contribution < 1.29 is 14.0 Å². The second kappa shape index (κ2) is 5.32. The molecule has 1 aliphatic rings. The summed E-state index contributed by atoms with van der Waals surface area (Å²) in [6.45, 7) is -0.00347. The topological polar surface area (TPSA) is 111 Å². The Balaban J connectivity index is 2.27. The third-order valence-corrected chi connectivity index (χ3v) is 2.57. The summed E-state index contributed by atoms with van der Waals surface area (Å²) >= 11 is 0. The van der Waals surface area contributed by atoms with Gasteiger partial charge < -0.3 is 0 Å². The Morgan fingerprint density at radius 1 is 1.58 bits per heavy atom. The third-order valence-electron chi connectivity index (χ3n) is 2.57. The molecule has 19 heavy (non-hydrogen) atoms. The van der Waals surface area contributed by atoms with Crippen LogP contribution in [0.3, 0.4) is 0 Å². The Labute approximate surface area is 106 Å². The van der Waals surface area contributed by atoms with Crippen molar-refractivity contribution in [2.75, 3.05) is 11.4 Å².